The van der Waals surface area contributed by atoms with Crippen molar-refractivity contribution in [1.29, 1.82) is 0 Å². The van der Waals surface area contributed by atoms with Gasteiger partial charge in [-0.2, -0.15) is 0 Å². The molecule has 0 radical (unpaired) electrons. The summed E-state index contributed by atoms with van der Waals surface area (Å²) in [4.78, 5) is 11.2. The average molecular weight is 257 g/mol. The van der Waals surface area contributed by atoms with Gasteiger partial charge in [0, 0.05) is 16.3 Å². The van der Waals surface area contributed by atoms with E-state index >= 15 is 0 Å². The largest absolute Gasteiger partial charge is 0.298 e. The third-order valence-corrected chi connectivity index (χ3v) is 4.13. The molecule has 1 nitrogen and oxygen atoms in total. The Kier molecular flexibility index (Phi) is 3.74. The summed E-state index contributed by atoms with van der Waals surface area (Å²) in [5.74, 6) is 0.286. The van der Waals surface area contributed by atoms with E-state index in [1.54, 1.807) is 0 Å². The SMILES string of the molecule is C=C=C(C=O)C1CC(C)(C)CCC1Br. The van der Waals surface area contributed by atoms with Crippen molar-refractivity contribution in [2.24, 2.45) is 11.3 Å². The summed E-state index contributed by atoms with van der Waals surface area (Å²) >= 11 is 3.64. The van der Waals surface area contributed by atoms with Crippen LogP contribution in [0.3, 0.4) is 0 Å². The second kappa shape index (κ2) is 4.46. The van der Waals surface area contributed by atoms with Crippen molar-refractivity contribution in [2.75, 3.05) is 0 Å². The van der Waals surface area contributed by atoms with Gasteiger partial charge in [-0.25, -0.2) is 0 Å². The quantitative estimate of drug-likeness (QED) is 0.320. The smallest absolute Gasteiger partial charge is 0.154 e. The van der Waals surface area contributed by atoms with Crippen molar-refractivity contribution in [3.8, 4) is 0 Å². The fourth-order valence-corrected chi connectivity index (χ4v) is 2.82. The molecule has 2 unspecified atom stereocenters. The fourth-order valence-electron chi connectivity index (χ4n) is 2.12. The molecule has 0 amide bonds. The van der Waals surface area contributed by atoms with Gasteiger partial charge in [0.1, 0.15) is 0 Å². The first-order valence-corrected chi connectivity index (χ1v) is 5.91. The molecule has 1 aliphatic carbocycles. The van der Waals surface area contributed by atoms with Crippen LogP contribution in [0, 0.1) is 11.3 Å². The van der Waals surface area contributed by atoms with Gasteiger partial charge in [-0.15, -0.1) is 5.73 Å². The number of rotatable bonds is 2. The molecule has 14 heavy (non-hydrogen) atoms. The predicted molar refractivity (Wildman–Crippen MR) is 62.6 cm³/mol. The highest BCUT2D eigenvalue weighted by Crippen LogP contribution is 2.43. The number of aldehydes is 1. The van der Waals surface area contributed by atoms with Crippen LogP contribution in [0.1, 0.15) is 33.1 Å². The molecule has 0 spiro atoms. The minimum absolute atomic E-state index is 0.286. The Bertz CT molecular complexity index is 274. The maximum absolute atomic E-state index is 10.8. The van der Waals surface area contributed by atoms with E-state index in [-0.39, 0.29) is 5.92 Å². The van der Waals surface area contributed by atoms with Gasteiger partial charge in [0.15, 0.2) is 6.29 Å². The van der Waals surface area contributed by atoms with Gasteiger partial charge in [0.2, 0.25) is 0 Å². The molecule has 0 heterocycles. The summed E-state index contributed by atoms with van der Waals surface area (Å²) in [5, 5.41) is 0. The maximum Gasteiger partial charge on any atom is 0.154 e. The Balaban J connectivity index is 2.85. The third-order valence-electron chi connectivity index (χ3n) is 3.04. The summed E-state index contributed by atoms with van der Waals surface area (Å²) in [5.41, 5.74) is 3.81. The van der Waals surface area contributed by atoms with E-state index in [4.69, 9.17) is 0 Å². The van der Waals surface area contributed by atoms with E-state index in [0.717, 1.165) is 24.7 Å². The Morgan fingerprint density at radius 3 is 2.79 bits per heavy atom. The number of hydrogen-bond acceptors (Lipinski definition) is 1. The summed E-state index contributed by atoms with van der Waals surface area (Å²) < 4.78 is 0. The van der Waals surface area contributed by atoms with Crippen LogP contribution in [0.5, 0.6) is 0 Å². The number of carbonyl (C=O) groups excluding carboxylic acids is 1. The molecule has 2 atom stereocenters. The minimum Gasteiger partial charge on any atom is -0.298 e. The second-order valence-electron chi connectivity index (χ2n) is 4.78. The molecule has 0 bridgehead atoms. The monoisotopic (exact) mass is 256 g/mol. The maximum atomic E-state index is 10.8. The molecule has 0 aromatic rings. The van der Waals surface area contributed by atoms with Crippen LogP contribution in [0.2, 0.25) is 0 Å². The highest BCUT2D eigenvalue weighted by Gasteiger charge is 2.35. The van der Waals surface area contributed by atoms with E-state index in [1.165, 1.54) is 6.42 Å². The van der Waals surface area contributed by atoms with Gasteiger partial charge in [-0.3, -0.25) is 4.79 Å². The van der Waals surface area contributed by atoms with E-state index in [9.17, 15) is 4.79 Å². The van der Waals surface area contributed by atoms with Gasteiger partial charge in [-0.05, 0) is 24.7 Å². The van der Waals surface area contributed by atoms with Gasteiger partial charge in [0.05, 0.1) is 0 Å². The summed E-state index contributed by atoms with van der Waals surface area (Å²) in [6.45, 7) is 8.08. The van der Waals surface area contributed by atoms with Crippen LogP contribution < -0.4 is 0 Å². The Labute approximate surface area is 94.4 Å². The van der Waals surface area contributed by atoms with Crippen LogP contribution in [-0.4, -0.2) is 11.1 Å². The summed E-state index contributed by atoms with van der Waals surface area (Å²) in [7, 11) is 0. The highest BCUT2D eigenvalue weighted by molar-refractivity contribution is 9.09. The van der Waals surface area contributed by atoms with Gasteiger partial charge >= 0.3 is 0 Å². The lowest BCUT2D eigenvalue weighted by molar-refractivity contribution is -0.105. The molecular weight excluding hydrogens is 240 g/mol. The zero-order valence-electron chi connectivity index (χ0n) is 8.85. The molecule has 0 saturated heterocycles. The molecule has 1 aliphatic rings. The Morgan fingerprint density at radius 2 is 2.29 bits per heavy atom. The number of allylic oxidation sites excluding steroid dienone is 1. The first kappa shape index (κ1) is 11.7. The van der Waals surface area contributed by atoms with Gasteiger partial charge in [0.25, 0.3) is 0 Å². The third kappa shape index (κ3) is 2.59. The number of carbonyl (C=O) groups is 1. The predicted octanol–water partition coefficient (Wildman–Crippen LogP) is 3.49. The van der Waals surface area contributed by atoms with E-state index in [2.05, 4.69) is 42.1 Å². The minimum atomic E-state index is 0.286. The van der Waals surface area contributed by atoms with Crippen molar-refractivity contribution < 1.29 is 4.79 Å². The van der Waals surface area contributed by atoms with Gasteiger partial charge < -0.3 is 0 Å². The highest BCUT2D eigenvalue weighted by atomic mass is 79.9. The van der Waals surface area contributed by atoms with Crippen molar-refractivity contribution >= 4 is 22.2 Å². The molecule has 0 N–H and O–H groups in total. The lowest BCUT2D eigenvalue weighted by Crippen LogP contribution is -2.31. The zero-order valence-corrected chi connectivity index (χ0v) is 10.4. The molecule has 0 aromatic carbocycles. The lowest BCUT2D eigenvalue weighted by Gasteiger charge is -2.38. The Hall–Kier alpha value is -0.330. The Morgan fingerprint density at radius 1 is 1.64 bits per heavy atom. The van der Waals surface area contributed by atoms with Crippen molar-refractivity contribution in [3.63, 3.8) is 0 Å². The molecule has 2 heteroatoms. The summed E-state index contributed by atoms with van der Waals surface area (Å²) in [6.07, 6.45) is 4.27. The van der Waals surface area contributed by atoms with Crippen LogP contribution >= 0.6 is 15.9 Å². The number of alkyl halides is 1. The molecule has 1 saturated carbocycles. The van der Waals surface area contributed by atoms with Crippen LogP contribution in [0.15, 0.2) is 17.9 Å². The van der Waals surface area contributed by atoms with Crippen molar-refractivity contribution in [1.82, 2.24) is 0 Å². The van der Waals surface area contributed by atoms with Gasteiger partial charge in [-0.1, -0.05) is 36.4 Å². The van der Waals surface area contributed by atoms with Crippen LogP contribution in [0.25, 0.3) is 0 Å². The van der Waals surface area contributed by atoms with E-state index in [1.807, 2.05) is 0 Å². The standard InChI is InChI=1S/C12H17BrO/c1-4-9(8-14)10-7-12(2,3)6-5-11(10)13/h8,10-11H,1,5-7H2,2-3H3. The average Bonchev–Trinajstić information content (AvgIpc) is 2.13. The number of hydrogen-bond donors (Lipinski definition) is 0. The molecule has 0 aromatic heterocycles. The van der Waals surface area contributed by atoms with Crippen LogP contribution in [0.4, 0.5) is 0 Å². The van der Waals surface area contributed by atoms with E-state index < -0.39 is 0 Å². The van der Waals surface area contributed by atoms with Crippen LogP contribution in [-0.2, 0) is 4.79 Å². The number of halogens is 1. The zero-order chi connectivity index (χ0) is 10.8. The van der Waals surface area contributed by atoms with Crippen molar-refractivity contribution in [3.05, 3.63) is 17.9 Å². The first-order chi connectivity index (χ1) is 6.50. The fraction of sp³-hybridized carbons (Fsp3) is 0.667. The van der Waals surface area contributed by atoms with E-state index in [0.29, 0.717) is 10.2 Å². The molecule has 1 fully saturated rings. The molecule has 1 rings (SSSR count). The normalized spacial score (nSPS) is 30.5. The molecule has 0 aliphatic heterocycles. The second-order valence-corrected chi connectivity index (χ2v) is 5.96. The molecular formula is C12H17BrO. The topological polar surface area (TPSA) is 17.1 Å². The summed E-state index contributed by atoms with van der Waals surface area (Å²) in [6, 6.07) is 0. The lowest BCUT2D eigenvalue weighted by atomic mass is 9.70. The first-order valence-electron chi connectivity index (χ1n) is 4.99. The molecule has 78 valence electrons. The van der Waals surface area contributed by atoms with Crippen molar-refractivity contribution in [2.45, 2.75) is 37.9 Å².